The number of carbonyl (C=O) groups excluding carboxylic acids is 1. The number of hydrogen-bond donors (Lipinski definition) is 4. The van der Waals surface area contributed by atoms with Crippen LogP contribution in [0.2, 0.25) is 0 Å². The zero-order valence-electron chi connectivity index (χ0n) is 43.3. The van der Waals surface area contributed by atoms with E-state index in [-0.39, 0.29) is 19.2 Å². The molecule has 1 aliphatic heterocycles. The van der Waals surface area contributed by atoms with E-state index in [1.165, 1.54) is 116 Å². The lowest BCUT2D eigenvalue weighted by Crippen LogP contribution is -2.59. The van der Waals surface area contributed by atoms with E-state index >= 15 is 0 Å². The molecule has 1 heterocycles. The summed E-state index contributed by atoms with van der Waals surface area (Å²) in [5.41, 5.74) is 0. The molecule has 68 heavy (non-hydrogen) atoms. The number of carbonyl (C=O) groups is 1. The van der Waals surface area contributed by atoms with Gasteiger partial charge < -0.3 is 39.4 Å². The molecule has 6 unspecified atom stereocenters. The van der Waals surface area contributed by atoms with Gasteiger partial charge in [-0.1, -0.05) is 208 Å². The fourth-order valence-corrected chi connectivity index (χ4v) is 8.02. The average molecular weight is 955 g/mol. The largest absolute Gasteiger partial charge is 0.457 e. The van der Waals surface area contributed by atoms with E-state index in [1.54, 1.807) is 0 Å². The van der Waals surface area contributed by atoms with Gasteiger partial charge in [0.05, 0.1) is 19.8 Å². The number of esters is 1. The molecule has 0 aromatic heterocycles. The Kier molecular flexibility index (Phi) is 46.0. The van der Waals surface area contributed by atoms with Crippen molar-refractivity contribution in [3.05, 3.63) is 85.1 Å². The second-order valence-corrected chi connectivity index (χ2v) is 18.6. The van der Waals surface area contributed by atoms with Gasteiger partial charge >= 0.3 is 5.97 Å². The molecule has 1 fully saturated rings. The van der Waals surface area contributed by atoms with Crippen LogP contribution in [0.1, 0.15) is 219 Å². The molecule has 1 aliphatic rings. The molecule has 0 amide bonds. The second kappa shape index (κ2) is 49.4. The topological polar surface area (TPSA) is 135 Å². The zero-order valence-corrected chi connectivity index (χ0v) is 43.3. The van der Waals surface area contributed by atoms with Crippen LogP contribution >= 0.6 is 0 Å². The first-order valence-corrected chi connectivity index (χ1v) is 27.7. The van der Waals surface area contributed by atoms with Gasteiger partial charge in [-0.2, -0.15) is 0 Å². The number of ether oxygens (including phenoxy) is 4. The number of hydrogen-bond acceptors (Lipinski definition) is 9. The number of rotatable bonds is 47. The molecular weight excluding hydrogens is 853 g/mol. The summed E-state index contributed by atoms with van der Waals surface area (Å²) in [6, 6.07) is 0. The van der Waals surface area contributed by atoms with Gasteiger partial charge in [0, 0.05) is 13.0 Å². The van der Waals surface area contributed by atoms with Gasteiger partial charge in [-0.15, -0.1) is 0 Å². The molecule has 392 valence electrons. The molecule has 6 atom stereocenters. The standard InChI is InChI=1S/C59H102O9/c1-3-5-7-9-11-13-15-17-19-21-23-25-26-27-29-31-33-35-37-39-41-43-45-47-49-65-51-53(52-66-59-58(64)57(63)56(62)54(50-60)68-59)67-55(61)48-46-44-42-40-38-36-34-32-30-28-24-22-20-18-16-14-12-10-8-6-4-2/h5,7,11,13,16-19,22-25,30,32,53-54,56-60,62-64H,3-4,6,8-10,12,14-15,20-21,26-29,31,33-52H2,1-2H3/b7-5-,13-11-,18-16-,19-17-,24-22-,25-23-,32-30-. The first kappa shape index (κ1) is 63.4. The predicted octanol–water partition coefficient (Wildman–Crippen LogP) is 14.1. The molecule has 0 aromatic rings. The molecule has 0 radical (unpaired) electrons. The summed E-state index contributed by atoms with van der Waals surface area (Å²) in [5.74, 6) is -0.328. The summed E-state index contributed by atoms with van der Waals surface area (Å²) < 4.78 is 22.9. The van der Waals surface area contributed by atoms with Crippen molar-refractivity contribution in [3.63, 3.8) is 0 Å². The predicted molar refractivity (Wildman–Crippen MR) is 283 cm³/mol. The van der Waals surface area contributed by atoms with Gasteiger partial charge in [0.2, 0.25) is 0 Å². The molecule has 1 saturated heterocycles. The maximum absolute atomic E-state index is 12.9. The van der Waals surface area contributed by atoms with Crippen molar-refractivity contribution in [2.75, 3.05) is 26.4 Å². The Labute approximate surface area is 416 Å². The van der Waals surface area contributed by atoms with Crippen molar-refractivity contribution < 1.29 is 44.2 Å². The maximum Gasteiger partial charge on any atom is 0.306 e. The summed E-state index contributed by atoms with van der Waals surface area (Å²) >= 11 is 0. The molecule has 0 saturated carbocycles. The van der Waals surface area contributed by atoms with Crippen molar-refractivity contribution in [2.45, 2.75) is 256 Å². The lowest BCUT2D eigenvalue weighted by Gasteiger charge is -2.39. The third-order valence-electron chi connectivity index (χ3n) is 12.3. The molecule has 1 rings (SSSR count). The van der Waals surface area contributed by atoms with Crippen LogP contribution in [-0.4, -0.2) is 89.6 Å². The van der Waals surface area contributed by atoms with Gasteiger partial charge in [0.25, 0.3) is 0 Å². The van der Waals surface area contributed by atoms with Crippen LogP contribution in [0.25, 0.3) is 0 Å². The average Bonchev–Trinajstić information content (AvgIpc) is 3.34. The normalized spacial score (nSPS) is 19.8. The summed E-state index contributed by atoms with van der Waals surface area (Å²) in [4.78, 5) is 12.9. The Hall–Kier alpha value is -2.63. The summed E-state index contributed by atoms with van der Waals surface area (Å²) in [7, 11) is 0. The highest BCUT2D eigenvalue weighted by Crippen LogP contribution is 2.23. The van der Waals surface area contributed by atoms with Crippen molar-refractivity contribution in [3.8, 4) is 0 Å². The quantitative estimate of drug-likeness (QED) is 0.0267. The van der Waals surface area contributed by atoms with E-state index < -0.39 is 43.4 Å². The molecular formula is C59H102O9. The molecule has 0 bridgehead atoms. The maximum atomic E-state index is 12.9. The summed E-state index contributed by atoms with van der Waals surface area (Å²) in [5, 5.41) is 40.3. The third-order valence-corrected chi connectivity index (χ3v) is 12.3. The molecule has 9 heteroatoms. The molecule has 9 nitrogen and oxygen atoms in total. The minimum Gasteiger partial charge on any atom is -0.457 e. The van der Waals surface area contributed by atoms with Crippen molar-refractivity contribution >= 4 is 5.97 Å². The van der Waals surface area contributed by atoms with Gasteiger partial charge in [0.15, 0.2) is 6.29 Å². The van der Waals surface area contributed by atoms with Gasteiger partial charge in [0.1, 0.15) is 30.5 Å². The number of unbranched alkanes of at least 4 members (excludes halogenated alkanes) is 22. The third kappa shape index (κ3) is 39.1. The Morgan fingerprint density at radius 3 is 1.35 bits per heavy atom. The first-order chi connectivity index (χ1) is 33.4. The van der Waals surface area contributed by atoms with Crippen LogP contribution < -0.4 is 0 Å². The molecule has 0 spiro atoms. The van der Waals surface area contributed by atoms with E-state index in [0.717, 1.165) is 83.5 Å². The van der Waals surface area contributed by atoms with Gasteiger partial charge in [-0.3, -0.25) is 4.79 Å². The fourth-order valence-electron chi connectivity index (χ4n) is 8.02. The second-order valence-electron chi connectivity index (χ2n) is 18.6. The summed E-state index contributed by atoms with van der Waals surface area (Å²) in [6.07, 6.45) is 60.4. The first-order valence-electron chi connectivity index (χ1n) is 27.7. The Balaban J connectivity index is 2.20. The van der Waals surface area contributed by atoms with E-state index in [4.69, 9.17) is 18.9 Å². The SMILES string of the molecule is CC/C=C\C/C=C\C/C=C\C/C=C\CCCCCCCCCCCCCOCC(COC1OC(CO)C(O)C(O)C1O)OC(=O)CCCCCCCC/C=C\C/C=C\C/C=C\CCCCCCC. The van der Waals surface area contributed by atoms with Crippen LogP contribution in [0.3, 0.4) is 0 Å². The minimum atomic E-state index is -1.54. The molecule has 0 aliphatic carbocycles. The lowest BCUT2D eigenvalue weighted by atomic mass is 9.99. The van der Waals surface area contributed by atoms with Crippen LogP contribution in [0.5, 0.6) is 0 Å². The molecule has 4 N–H and O–H groups in total. The molecule has 0 aromatic carbocycles. The number of aliphatic hydroxyl groups is 4. The summed E-state index contributed by atoms with van der Waals surface area (Å²) in [6.45, 7) is 4.42. The highest BCUT2D eigenvalue weighted by molar-refractivity contribution is 5.69. The van der Waals surface area contributed by atoms with Crippen molar-refractivity contribution in [1.82, 2.24) is 0 Å². The van der Waals surface area contributed by atoms with Crippen molar-refractivity contribution in [2.24, 2.45) is 0 Å². The minimum absolute atomic E-state index is 0.124. The van der Waals surface area contributed by atoms with E-state index in [9.17, 15) is 25.2 Å². The van der Waals surface area contributed by atoms with Crippen LogP contribution in [-0.2, 0) is 23.7 Å². The van der Waals surface area contributed by atoms with Crippen molar-refractivity contribution in [1.29, 1.82) is 0 Å². The highest BCUT2D eigenvalue weighted by atomic mass is 16.7. The Morgan fingerprint density at radius 2 is 0.897 bits per heavy atom. The fraction of sp³-hybridized carbons (Fsp3) is 0.746. The zero-order chi connectivity index (χ0) is 49.2. The van der Waals surface area contributed by atoms with E-state index in [0.29, 0.717) is 13.0 Å². The monoisotopic (exact) mass is 955 g/mol. The van der Waals surface area contributed by atoms with Crippen LogP contribution in [0, 0.1) is 0 Å². The van der Waals surface area contributed by atoms with E-state index in [1.807, 2.05) is 0 Å². The van der Waals surface area contributed by atoms with Crippen LogP contribution in [0.15, 0.2) is 85.1 Å². The lowest BCUT2D eigenvalue weighted by molar-refractivity contribution is -0.305. The van der Waals surface area contributed by atoms with Gasteiger partial charge in [-0.05, 0) is 89.9 Å². The smallest absolute Gasteiger partial charge is 0.306 e. The van der Waals surface area contributed by atoms with Gasteiger partial charge in [-0.25, -0.2) is 0 Å². The van der Waals surface area contributed by atoms with Crippen LogP contribution in [0.4, 0.5) is 0 Å². The van der Waals surface area contributed by atoms with E-state index in [2.05, 4.69) is 98.9 Å². The number of aliphatic hydroxyl groups excluding tert-OH is 4. The highest BCUT2D eigenvalue weighted by Gasteiger charge is 2.44. The Morgan fingerprint density at radius 1 is 0.485 bits per heavy atom. The number of allylic oxidation sites excluding steroid dienone is 14. The Bertz CT molecular complexity index is 1320.